The molecule has 0 spiro atoms. The molecule has 0 bridgehead atoms. The summed E-state index contributed by atoms with van der Waals surface area (Å²) in [6.45, 7) is 0.742. The van der Waals surface area contributed by atoms with Gasteiger partial charge in [0.25, 0.3) is 0 Å². The maximum absolute atomic E-state index is 11.3. The van der Waals surface area contributed by atoms with Crippen LogP contribution in [-0.2, 0) is 9.53 Å². The van der Waals surface area contributed by atoms with E-state index < -0.39 is 0 Å². The average molecular weight is 209 g/mol. The maximum Gasteiger partial charge on any atom is 0.328 e. The number of nitrogens with zero attached hydrogens (tertiary/aromatic N) is 1. The van der Waals surface area contributed by atoms with Crippen LogP contribution in [0.3, 0.4) is 0 Å². The molecule has 1 aromatic heterocycles. The van der Waals surface area contributed by atoms with E-state index in [1.807, 2.05) is 0 Å². The van der Waals surface area contributed by atoms with E-state index in [9.17, 15) is 9.59 Å². The number of carbonyl (C=O) groups excluding carboxylic acids is 2. The average Bonchev–Trinajstić information content (AvgIpc) is 2.64. The van der Waals surface area contributed by atoms with Crippen molar-refractivity contribution in [3.8, 4) is 0 Å². The number of furan rings is 1. The highest BCUT2D eigenvalue weighted by Crippen LogP contribution is 2.28. The van der Waals surface area contributed by atoms with Crippen molar-refractivity contribution in [2.45, 2.75) is 12.5 Å². The van der Waals surface area contributed by atoms with E-state index in [0.29, 0.717) is 12.2 Å². The van der Waals surface area contributed by atoms with E-state index in [0.717, 1.165) is 13.0 Å². The molecule has 0 amide bonds. The fraction of sp³-hybridized carbons (Fsp3) is 0.400. The van der Waals surface area contributed by atoms with Crippen molar-refractivity contribution in [3.63, 3.8) is 0 Å². The highest BCUT2D eigenvalue weighted by Gasteiger charge is 2.36. The van der Waals surface area contributed by atoms with Gasteiger partial charge >= 0.3 is 5.97 Å². The Morgan fingerprint density at radius 3 is 2.93 bits per heavy atom. The quantitative estimate of drug-likeness (QED) is 0.545. The smallest absolute Gasteiger partial charge is 0.328 e. The maximum atomic E-state index is 11.3. The van der Waals surface area contributed by atoms with E-state index >= 15 is 0 Å². The molecule has 0 saturated carbocycles. The lowest BCUT2D eigenvalue weighted by Gasteiger charge is -2.38. The summed E-state index contributed by atoms with van der Waals surface area (Å²) in [5, 5.41) is 0. The Kier molecular flexibility index (Phi) is 2.45. The van der Waals surface area contributed by atoms with Crippen LogP contribution >= 0.6 is 0 Å². The zero-order valence-electron chi connectivity index (χ0n) is 8.30. The van der Waals surface area contributed by atoms with E-state index in [2.05, 4.69) is 4.74 Å². The van der Waals surface area contributed by atoms with Gasteiger partial charge in [0.1, 0.15) is 6.04 Å². The van der Waals surface area contributed by atoms with Gasteiger partial charge in [-0.25, -0.2) is 4.79 Å². The summed E-state index contributed by atoms with van der Waals surface area (Å²) in [7, 11) is 1.36. The van der Waals surface area contributed by atoms with Crippen LogP contribution in [-0.4, -0.2) is 32.0 Å². The summed E-state index contributed by atoms with van der Waals surface area (Å²) in [5.41, 5.74) is 0. The van der Waals surface area contributed by atoms with Gasteiger partial charge in [-0.3, -0.25) is 4.79 Å². The van der Waals surface area contributed by atoms with Crippen LogP contribution in [0.15, 0.2) is 16.5 Å². The summed E-state index contributed by atoms with van der Waals surface area (Å²) in [4.78, 5) is 23.5. The van der Waals surface area contributed by atoms with Crippen LogP contribution in [0.5, 0.6) is 0 Å². The molecule has 1 aliphatic rings. The lowest BCUT2D eigenvalue weighted by molar-refractivity contribution is -0.143. The molecule has 1 aromatic rings. The molecule has 1 unspecified atom stereocenters. The molecular weight excluding hydrogens is 198 g/mol. The Balaban J connectivity index is 2.11. The van der Waals surface area contributed by atoms with Crippen molar-refractivity contribution in [2.75, 3.05) is 18.6 Å². The Morgan fingerprint density at radius 1 is 1.67 bits per heavy atom. The Hall–Kier alpha value is -1.78. The summed E-state index contributed by atoms with van der Waals surface area (Å²) < 4.78 is 9.86. The minimum atomic E-state index is -0.277. The lowest BCUT2D eigenvalue weighted by Crippen LogP contribution is -2.52. The number of esters is 1. The minimum absolute atomic E-state index is 0.264. The predicted molar refractivity (Wildman–Crippen MR) is 51.9 cm³/mol. The topological polar surface area (TPSA) is 59.8 Å². The number of hydrogen-bond acceptors (Lipinski definition) is 5. The van der Waals surface area contributed by atoms with Gasteiger partial charge in [-0.2, -0.15) is 0 Å². The van der Waals surface area contributed by atoms with E-state index in [4.69, 9.17) is 4.42 Å². The molecule has 5 heteroatoms. The van der Waals surface area contributed by atoms with E-state index in [-0.39, 0.29) is 17.8 Å². The first-order valence-corrected chi connectivity index (χ1v) is 4.65. The third kappa shape index (κ3) is 1.60. The monoisotopic (exact) mass is 209 g/mol. The number of carbonyl (C=O) groups is 2. The Labute approximate surface area is 86.6 Å². The molecule has 0 aliphatic carbocycles. The molecule has 2 heterocycles. The molecule has 80 valence electrons. The molecule has 2 rings (SSSR count). The van der Waals surface area contributed by atoms with Gasteiger partial charge in [0.15, 0.2) is 17.9 Å². The fourth-order valence-electron chi connectivity index (χ4n) is 1.59. The number of anilines is 1. The van der Waals surface area contributed by atoms with E-state index in [1.54, 1.807) is 17.0 Å². The van der Waals surface area contributed by atoms with Crippen LogP contribution < -0.4 is 4.90 Å². The van der Waals surface area contributed by atoms with Gasteiger partial charge in [0.2, 0.25) is 0 Å². The predicted octanol–water partition coefficient (Wildman–Crippen LogP) is 0.844. The molecule has 15 heavy (non-hydrogen) atoms. The van der Waals surface area contributed by atoms with Crippen LogP contribution in [0.25, 0.3) is 0 Å². The number of aldehydes is 1. The normalized spacial score (nSPS) is 19.5. The summed E-state index contributed by atoms with van der Waals surface area (Å²) in [6, 6.07) is 2.98. The second-order valence-electron chi connectivity index (χ2n) is 3.31. The molecule has 0 aromatic carbocycles. The Morgan fingerprint density at radius 2 is 2.47 bits per heavy atom. The third-order valence-corrected chi connectivity index (χ3v) is 2.50. The van der Waals surface area contributed by atoms with Gasteiger partial charge in [-0.05, 0) is 12.5 Å². The molecule has 1 aliphatic heterocycles. The first-order valence-electron chi connectivity index (χ1n) is 4.65. The SMILES string of the molecule is COC(=O)C1CCN1c1ccc(C=O)o1. The van der Waals surface area contributed by atoms with Crippen molar-refractivity contribution in [1.29, 1.82) is 0 Å². The fourth-order valence-corrected chi connectivity index (χ4v) is 1.59. The molecule has 0 radical (unpaired) electrons. The molecule has 1 fully saturated rings. The van der Waals surface area contributed by atoms with Crippen molar-refractivity contribution >= 4 is 18.1 Å². The largest absolute Gasteiger partial charge is 0.467 e. The van der Waals surface area contributed by atoms with Crippen LogP contribution in [0.4, 0.5) is 5.88 Å². The van der Waals surface area contributed by atoms with Crippen molar-refractivity contribution < 1.29 is 18.7 Å². The Bertz CT molecular complexity index is 385. The summed E-state index contributed by atoms with van der Waals surface area (Å²) in [6.07, 6.45) is 1.39. The highest BCUT2D eigenvalue weighted by atomic mass is 16.5. The first-order chi connectivity index (χ1) is 7.26. The summed E-state index contributed by atoms with van der Waals surface area (Å²) in [5.74, 6) is 0.532. The van der Waals surface area contributed by atoms with Crippen LogP contribution in [0.2, 0.25) is 0 Å². The number of methoxy groups -OCH3 is 1. The van der Waals surface area contributed by atoms with Gasteiger partial charge in [0.05, 0.1) is 7.11 Å². The van der Waals surface area contributed by atoms with E-state index in [1.165, 1.54) is 7.11 Å². The molecule has 1 saturated heterocycles. The number of ether oxygens (including phenoxy) is 1. The zero-order chi connectivity index (χ0) is 10.8. The summed E-state index contributed by atoms with van der Waals surface area (Å²) >= 11 is 0. The lowest BCUT2D eigenvalue weighted by atomic mass is 10.0. The molecular formula is C10H11NO4. The first kappa shape index (κ1) is 9.76. The minimum Gasteiger partial charge on any atom is -0.467 e. The second kappa shape index (κ2) is 3.76. The molecule has 1 atom stereocenters. The number of hydrogen-bond donors (Lipinski definition) is 0. The van der Waals surface area contributed by atoms with Gasteiger partial charge in [0, 0.05) is 12.6 Å². The van der Waals surface area contributed by atoms with Crippen LogP contribution in [0, 0.1) is 0 Å². The van der Waals surface area contributed by atoms with Crippen molar-refractivity contribution in [2.24, 2.45) is 0 Å². The van der Waals surface area contributed by atoms with Gasteiger partial charge in [-0.15, -0.1) is 0 Å². The van der Waals surface area contributed by atoms with Crippen molar-refractivity contribution in [1.82, 2.24) is 0 Å². The van der Waals surface area contributed by atoms with Gasteiger partial charge in [-0.1, -0.05) is 0 Å². The zero-order valence-corrected chi connectivity index (χ0v) is 8.30. The van der Waals surface area contributed by atoms with Gasteiger partial charge < -0.3 is 14.1 Å². The second-order valence-corrected chi connectivity index (χ2v) is 3.31. The third-order valence-electron chi connectivity index (χ3n) is 2.50. The van der Waals surface area contributed by atoms with Crippen LogP contribution in [0.1, 0.15) is 17.0 Å². The van der Waals surface area contributed by atoms with Crippen molar-refractivity contribution in [3.05, 3.63) is 17.9 Å². The standard InChI is InChI=1S/C10H11NO4/c1-14-10(13)8-4-5-11(8)9-3-2-7(6-12)15-9/h2-3,6,8H,4-5H2,1H3. The molecule has 5 nitrogen and oxygen atoms in total. The number of rotatable bonds is 3. The molecule has 0 N–H and O–H groups in total. The highest BCUT2D eigenvalue weighted by molar-refractivity contribution is 5.81.